The number of hydrogen-bond acceptors (Lipinski definition) is 5. The first-order chi connectivity index (χ1) is 9.16. The molecule has 3 fully saturated rings. The quantitative estimate of drug-likeness (QED) is 0.533. The van der Waals surface area contributed by atoms with Crippen LogP contribution in [-0.4, -0.2) is 43.2 Å². The van der Waals surface area contributed by atoms with Gasteiger partial charge in [0.15, 0.2) is 0 Å². The van der Waals surface area contributed by atoms with Gasteiger partial charge in [-0.3, -0.25) is 10.2 Å². The molecule has 2 saturated carbocycles. The van der Waals surface area contributed by atoms with Crippen molar-refractivity contribution in [1.29, 1.82) is 0 Å². The molecule has 2 bridgehead atoms. The van der Waals surface area contributed by atoms with E-state index in [0.29, 0.717) is 26.3 Å². The van der Waals surface area contributed by atoms with Crippen molar-refractivity contribution in [3.8, 4) is 0 Å². The summed E-state index contributed by atoms with van der Waals surface area (Å²) in [6, 6.07) is 0. The van der Waals surface area contributed by atoms with Crippen molar-refractivity contribution in [1.82, 2.24) is 10.4 Å². The minimum absolute atomic E-state index is 0. The Hall–Kier alpha value is -0.140. The summed E-state index contributed by atoms with van der Waals surface area (Å²) in [5.41, 5.74) is 2.85. The predicted octanol–water partition coefficient (Wildman–Crippen LogP) is -4.23. The molecule has 1 amide bonds. The Morgan fingerprint density at radius 1 is 1.10 bits per heavy atom. The van der Waals surface area contributed by atoms with Crippen LogP contribution in [0.25, 0.3) is 0 Å². The zero-order chi connectivity index (χ0) is 13.4. The first-order valence-corrected chi connectivity index (χ1v) is 7.01. The van der Waals surface area contributed by atoms with Crippen molar-refractivity contribution in [2.45, 2.75) is 19.3 Å². The van der Waals surface area contributed by atoms with Gasteiger partial charge in [0.05, 0.1) is 19.1 Å². The molecule has 4 unspecified atom stereocenters. The minimum atomic E-state index is -1.06. The average Bonchev–Trinajstić information content (AvgIpc) is 2.99. The molecule has 0 spiro atoms. The normalized spacial score (nSPS) is 36.4. The van der Waals surface area contributed by atoms with Gasteiger partial charge in [-0.15, -0.1) is 0 Å². The SMILES string of the molecule is O=C([O-])C1C2CCC(C2)C1C(=O)NN1CCOCC1.[Na+]. The van der Waals surface area contributed by atoms with Crippen molar-refractivity contribution in [3.63, 3.8) is 0 Å². The van der Waals surface area contributed by atoms with Crippen molar-refractivity contribution < 1.29 is 49.0 Å². The number of amides is 1. The molecule has 1 heterocycles. The fourth-order valence-corrected chi connectivity index (χ4v) is 3.91. The molecule has 2 aliphatic carbocycles. The third kappa shape index (κ3) is 3.04. The number of carboxylic acids is 1. The van der Waals surface area contributed by atoms with E-state index in [9.17, 15) is 14.7 Å². The third-order valence-electron chi connectivity index (χ3n) is 4.77. The molecule has 1 N–H and O–H groups in total. The smallest absolute Gasteiger partial charge is 0.550 e. The standard InChI is InChI=1S/C13H20N2O4.Na/c16-12(14-15-3-5-19-6-4-15)10-8-1-2-9(7-8)11(10)13(17)18;/h8-11H,1-7H2,(H,14,16)(H,17,18);/q;+1/p-1. The molecule has 7 heteroatoms. The molecule has 106 valence electrons. The van der Waals surface area contributed by atoms with Gasteiger partial charge in [-0.05, 0) is 31.1 Å². The second-order valence-corrected chi connectivity index (χ2v) is 5.78. The van der Waals surface area contributed by atoms with Gasteiger partial charge in [-0.2, -0.15) is 0 Å². The molecule has 0 aromatic rings. The van der Waals surface area contributed by atoms with E-state index in [2.05, 4.69) is 5.43 Å². The molecule has 1 saturated heterocycles. The van der Waals surface area contributed by atoms with Crippen molar-refractivity contribution in [2.24, 2.45) is 23.7 Å². The van der Waals surface area contributed by atoms with Crippen LogP contribution in [0.1, 0.15) is 19.3 Å². The minimum Gasteiger partial charge on any atom is -0.550 e. The number of carboxylic acid groups (broad SMARTS) is 1. The van der Waals surface area contributed by atoms with E-state index in [4.69, 9.17) is 4.74 Å². The Labute approximate surface area is 140 Å². The summed E-state index contributed by atoms with van der Waals surface area (Å²) >= 11 is 0. The van der Waals surface area contributed by atoms with E-state index in [-0.39, 0.29) is 47.3 Å². The maximum absolute atomic E-state index is 12.3. The van der Waals surface area contributed by atoms with Crippen LogP contribution < -0.4 is 40.1 Å². The maximum atomic E-state index is 12.3. The Balaban J connectivity index is 0.00000147. The fourth-order valence-electron chi connectivity index (χ4n) is 3.91. The maximum Gasteiger partial charge on any atom is 1.00 e. The van der Waals surface area contributed by atoms with Crippen LogP contribution in [0.4, 0.5) is 0 Å². The summed E-state index contributed by atoms with van der Waals surface area (Å²) in [6.07, 6.45) is 2.75. The number of rotatable bonds is 3. The molecule has 0 aromatic heterocycles. The largest absolute Gasteiger partial charge is 1.00 e. The zero-order valence-electron chi connectivity index (χ0n) is 11.8. The first kappa shape index (κ1) is 16.2. The van der Waals surface area contributed by atoms with Gasteiger partial charge in [0, 0.05) is 25.0 Å². The average molecular weight is 290 g/mol. The van der Waals surface area contributed by atoms with Gasteiger partial charge >= 0.3 is 29.6 Å². The molecule has 20 heavy (non-hydrogen) atoms. The van der Waals surface area contributed by atoms with Crippen LogP contribution in [-0.2, 0) is 14.3 Å². The van der Waals surface area contributed by atoms with Gasteiger partial charge in [0.2, 0.25) is 5.91 Å². The van der Waals surface area contributed by atoms with Crippen LogP contribution >= 0.6 is 0 Å². The summed E-state index contributed by atoms with van der Waals surface area (Å²) in [6.45, 7) is 2.51. The summed E-state index contributed by atoms with van der Waals surface area (Å²) in [5, 5.41) is 13.1. The molecule has 0 radical (unpaired) electrons. The molecular weight excluding hydrogens is 271 g/mol. The Kier molecular flexibility index (Phi) is 5.48. The molecule has 4 atom stereocenters. The number of morpholine rings is 1. The summed E-state index contributed by atoms with van der Waals surface area (Å²) in [4.78, 5) is 23.6. The van der Waals surface area contributed by atoms with E-state index in [1.807, 2.05) is 5.01 Å². The van der Waals surface area contributed by atoms with Crippen LogP contribution in [0.3, 0.4) is 0 Å². The van der Waals surface area contributed by atoms with E-state index in [1.165, 1.54) is 0 Å². The number of nitrogens with one attached hydrogen (secondary N) is 1. The number of hydrogen-bond donors (Lipinski definition) is 1. The van der Waals surface area contributed by atoms with Crippen molar-refractivity contribution in [2.75, 3.05) is 26.3 Å². The van der Waals surface area contributed by atoms with Crippen LogP contribution in [0.2, 0.25) is 0 Å². The van der Waals surface area contributed by atoms with Gasteiger partial charge in [-0.1, -0.05) is 0 Å². The van der Waals surface area contributed by atoms with Crippen LogP contribution in [0, 0.1) is 23.7 Å². The number of nitrogens with zero attached hydrogens (tertiary/aromatic N) is 1. The molecule has 3 rings (SSSR count). The number of carbonyl (C=O) groups excluding carboxylic acids is 2. The van der Waals surface area contributed by atoms with Gasteiger partial charge in [-0.25, -0.2) is 5.01 Å². The van der Waals surface area contributed by atoms with E-state index in [0.717, 1.165) is 19.3 Å². The fraction of sp³-hybridized carbons (Fsp3) is 0.846. The Morgan fingerprint density at radius 2 is 1.70 bits per heavy atom. The molecule has 0 aromatic carbocycles. The van der Waals surface area contributed by atoms with E-state index in [1.54, 1.807) is 0 Å². The number of hydrazine groups is 1. The summed E-state index contributed by atoms with van der Waals surface area (Å²) in [7, 11) is 0. The summed E-state index contributed by atoms with van der Waals surface area (Å²) in [5.74, 6) is -1.87. The number of carbonyl (C=O) groups is 2. The molecular formula is C13H19N2NaO4. The third-order valence-corrected chi connectivity index (χ3v) is 4.77. The zero-order valence-corrected chi connectivity index (χ0v) is 13.8. The Bertz CT molecular complexity index is 387. The molecule has 6 nitrogen and oxygen atoms in total. The number of ether oxygens (including phenoxy) is 1. The first-order valence-electron chi connectivity index (χ1n) is 7.01. The second kappa shape index (κ2) is 6.75. The number of fused-ring (bicyclic) bond motifs is 2. The monoisotopic (exact) mass is 290 g/mol. The molecule has 3 aliphatic rings. The predicted molar refractivity (Wildman–Crippen MR) is 63.4 cm³/mol. The van der Waals surface area contributed by atoms with Crippen molar-refractivity contribution >= 4 is 11.9 Å². The van der Waals surface area contributed by atoms with Gasteiger partial charge in [0.1, 0.15) is 0 Å². The summed E-state index contributed by atoms with van der Waals surface area (Å²) < 4.78 is 5.22. The van der Waals surface area contributed by atoms with E-state index >= 15 is 0 Å². The van der Waals surface area contributed by atoms with E-state index < -0.39 is 17.8 Å². The van der Waals surface area contributed by atoms with Crippen molar-refractivity contribution in [3.05, 3.63) is 0 Å². The number of aliphatic carboxylic acids is 1. The Morgan fingerprint density at radius 3 is 2.30 bits per heavy atom. The van der Waals surface area contributed by atoms with Gasteiger partial charge in [0.25, 0.3) is 0 Å². The second-order valence-electron chi connectivity index (χ2n) is 5.78. The van der Waals surface area contributed by atoms with Gasteiger partial charge < -0.3 is 14.6 Å². The molecule has 1 aliphatic heterocycles. The van der Waals surface area contributed by atoms with Crippen LogP contribution in [0.15, 0.2) is 0 Å². The van der Waals surface area contributed by atoms with Crippen LogP contribution in [0.5, 0.6) is 0 Å². The topological polar surface area (TPSA) is 81.7 Å².